The van der Waals surface area contributed by atoms with Crippen LogP contribution in [-0.2, 0) is 6.18 Å². The van der Waals surface area contributed by atoms with Crippen LogP contribution in [0.4, 0.5) is 24.5 Å². The van der Waals surface area contributed by atoms with Crippen molar-refractivity contribution >= 4 is 11.4 Å². The molecule has 0 amide bonds. The highest BCUT2D eigenvalue weighted by Gasteiger charge is 2.36. The minimum absolute atomic E-state index is 0.243. The fourth-order valence-corrected chi connectivity index (χ4v) is 3.75. The Morgan fingerprint density at radius 2 is 1.85 bits per heavy atom. The van der Waals surface area contributed by atoms with Gasteiger partial charge in [0.1, 0.15) is 0 Å². The van der Waals surface area contributed by atoms with Crippen LogP contribution in [0.5, 0.6) is 0 Å². The number of anilines is 2. The molecule has 0 radical (unpaired) electrons. The van der Waals surface area contributed by atoms with Crippen LogP contribution in [-0.4, -0.2) is 12.6 Å². The zero-order valence-electron chi connectivity index (χ0n) is 11.3. The van der Waals surface area contributed by atoms with Crippen LogP contribution in [0.25, 0.3) is 0 Å². The summed E-state index contributed by atoms with van der Waals surface area (Å²) in [7, 11) is 0. The van der Waals surface area contributed by atoms with Gasteiger partial charge in [0.15, 0.2) is 0 Å². The lowest BCUT2D eigenvalue weighted by atomic mass is 9.91. The third kappa shape index (κ3) is 2.34. The van der Waals surface area contributed by atoms with Gasteiger partial charge in [0.2, 0.25) is 0 Å². The molecule has 1 aliphatic carbocycles. The van der Waals surface area contributed by atoms with Crippen LogP contribution in [0.3, 0.4) is 0 Å². The molecule has 0 aromatic heterocycles. The number of alkyl halides is 3. The fourth-order valence-electron chi connectivity index (χ4n) is 3.75. The van der Waals surface area contributed by atoms with Crippen molar-refractivity contribution < 1.29 is 13.2 Å². The van der Waals surface area contributed by atoms with Crippen molar-refractivity contribution in [2.75, 3.05) is 17.2 Å². The van der Waals surface area contributed by atoms with Crippen molar-refractivity contribution in [1.29, 1.82) is 0 Å². The summed E-state index contributed by atoms with van der Waals surface area (Å²) < 4.78 is 38.1. The lowest BCUT2D eigenvalue weighted by Crippen LogP contribution is -2.43. The van der Waals surface area contributed by atoms with Gasteiger partial charge in [-0.15, -0.1) is 0 Å². The van der Waals surface area contributed by atoms with E-state index in [-0.39, 0.29) is 5.69 Å². The van der Waals surface area contributed by atoms with E-state index < -0.39 is 11.7 Å². The van der Waals surface area contributed by atoms with Crippen LogP contribution in [0, 0.1) is 5.92 Å². The van der Waals surface area contributed by atoms with Crippen LogP contribution in [0.2, 0.25) is 0 Å². The lowest BCUT2D eigenvalue weighted by Gasteiger charge is -2.40. The van der Waals surface area contributed by atoms with Crippen LogP contribution >= 0.6 is 0 Å². The minimum Gasteiger partial charge on any atom is -0.397 e. The highest BCUT2D eigenvalue weighted by molar-refractivity contribution is 5.69. The summed E-state index contributed by atoms with van der Waals surface area (Å²) in [6, 6.07) is 4.21. The van der Waals surface area contributed by atoms with Gasteiger partial charge in [0, 0.05) is 12.6 Å². The van der Waals surface area contributed by atoms with Crippen molar-refractivity contribution in [1.82, 2.24) is 0 Å². The molecule has 5 heteroatoms. The number of hydrogen-bond donors (Lipinski definition) is 1. The number of fused-ring (bicyclic) bond motifs is 1. The average Bonchev–Trinajstić information content (AvgIpc) is 2.85. The molecule has 1 saturated heterocycles. The van der Waals surface area contributed by atoms with Gasteiger partial charge in [-0.1, -0.05) is 6.42 Å². The first kappa shape index (κ1) is 13.6. The van der Waals surface area contributed by atoms with Gasteiger partial charge in [-0.2, -0.15) is 13.2 Å². The molecule has 1 aromatic rings. The molecular formula is C15H19F3N2. The van der Waals surface area contributed by atoms with E-state index in [0.29, 0.717) is 12.0 Å². The van der Waals surface area contributed by atoms with E-state index in [0.717, 1.165) is 37.2 Å². The molecule has 2 nitrogen and oxygen atoms in total. The highest BCUT2D eigenvalue weighted by Crippen LogP contribution is 2.42. The third-order valence-corrected chi connectivity index (χ3v) is 4.66. The summed E-state index contributed by atoms with van der Waals surface area (Å²) in [6.07, 6.45) is 1.59. The maximum atomic E-state index is 12.7. The minimum atomic E-state index is -4.33. The van der Waals surface area contributed by atoms with Crippen molar-refractivity contribution in [2.45, 2.75) is 44.3 Å². The van der Waals surface area contributed by atoms with Crippen molar-refractivity contribution in [3.63, 3.8) is 0 Å². The van der Waals surface area contributed by atoms with Crippen LogP contribution < -0.4 is 10.6 Å². The molecule has 2 atom stereocenters. The second-order valence-electron chi connectivity index (χ2n) is 5.87. The molecule has 3 rings (SSSR count). The van der Waals surface area contributed by atoms with Gasteiger partial charge in [-0.3, -0.25) is 0 Å². The van der Waals surface area contributed by atoms with E-state index in [1.165, 1.54) is 19.3 Å². The summed E-state index contributed by atoms with van der Waals surface area (Å²) in [4.78, 5) is 2.23. The van der Waals surface area contributed by atoms with E-state index >= 15 is 0 Å². The monoisotopic (exact) mass is 284 g/mol. The summed E-state index contributed by atoms with van der Waals surface area (Å²) in [6.45, 7) is 0.900. The lowest BCUT2D eigenvalue weighted by molar-refractivity contribution is -0.137. The van der Waals surface area contributed by atoms with Gasteiger partial charge >= 0.3 is 6.18 Å². The highest BCUT2D eigenvalue weighted by atomic mass is 19.4. The molecule has 1 saturated carbocycles. The Kier molecular flexibility index (Phi) is 3.30. The predicted octanol–water partition coefficient (Wildman–Crippen LogP) is 4.06. The summed E-state index contributed by atoms with van der Waals surface area (Å²) in [5, 5.41) is 0. The molecule has 2 fully saturated rings. The Balaban J connectivity index is 1.90. The molecule has 1 heterocycles. The molecule has 0 bridgehead atoms. The quantitative estimate of drug-likeness (QED) is 0.788. The van der Waals surface area contributed by atoms with Crippen molar-refractivity contribution in [3.8, 4) is 0 Å². The zero-order chi connectivity index (χ0) is 14.3. The smallest absolute Gasteiger partial charge is 0.397 e. The van der Waals surface area contributed by atoms with Crippen LogP contribution in [0.1, 0.15) is 37.7 Å². The number of rotatable bonds is 1. The fraction of sp³-hybridized carbons (Fsp3) is 0.600. The first-order valence-corrected chi connectivity index (χ1v) is 7.20. The maximum absolute atomic E-state index is 12.7. The molecule has 1 aliphatic heterocycles. The van der Waals surface area contributed by atoms with E-state index in [1.807, 2.05) is 0 Å². The van der Waals surface area contributed by atoms with Gasteiger partial charge in [0.25, 0.3) is 0 Å². The van der Waals surface area contributed by atoms with E-state index in [9.17, 15) is 13.2 Å². The topological polar surface area (TPSA) is 29.3 Å². The molecular weight excluding hydrogens is 265 g/mol. The number of nitrogen functional groups attached to an aromatic ring is 1. The molecule has 2 aliphatic rings. The standard InChI is InChI=1S/C15H19F3N2/c16-15(17,18)11-6-7-14(12(19)9-11)20-8-2-4-10-3-1-5-13(10)20/h6-7,9-10,13H,1-5,8,19H2. The third-order valence-electron chi connectivity index (χ3n) is 4.66. The normalized spacial score (nSPS) is 26.6. The predicted molar refractivity (Wildman–Crippen MR) is 73.6 cm³/mol. The average molecular weight is 284 g/mol. The Morgan fingerprint density at radius 3 is 2.55 bits per heavy atom. The maximum Gasteiger partial charge on any atom is 0.416 e. The Hall–Kier alpha value is -1.39. The number of halogens is 3. The SMILES string of the molecule is Nc1cc(C(F)(F)F)ccc1N1CCCC2CCCC21. The van der Waals surface area contributed by atoms with Crippen molar-refractivity contribution in [3.05, 3.63) is 23.8 Å². The first-order valence-electron chi connectivity index (χ1n) is 7.20. The van der Waals surface area contributed by atoms with E-state index in [1.54, 1.807) is 6.07 Å². The van der Waals surface area contributed by atoms with Gasteiger partial charge in [-0.05, 0) is 49.8 Å². The number of nitrogens with two attached hydrogens (primary N) is 1. The van der Waals surface area contributed by atoms with Gasteiger partial charge in [-0.25, -0.2) is 0 Å². The molecule has 1 aromatic carbocycles. The molecule has 20 heavy (non-hydrogen) atoms. The van der Waals surface area contributed by atoms with Crippen LogP contribution in [0.15, 0.2) is 18.2 Å². The second kappa shape index (κ2) is 4.86. The summed E-state index contributed by atoms with van der Waals surface area (Å²) >= 11 is 0. The van der Waals surface area contributed by atoms with Gasteiger partial charge in [0.05, 0.1) is 16.9 Å². The first-order chi connectivity index (χ1) is 9.47. The summed E-state index contributed by atoms with van der Waals surface area (Å²) in [5.41, 5.74) is 6.24. The summed E-state index contributed by atoms with van der Waals surface area (Å²) in [5.74, 6) is 0.686. The molecule has 2 unspecified atom stereocenters. The Morgan fingerprint density at radius 1 is 1.10 bits per heavy atom. The van der Waals surface area contributed by atoms with E-state index in [4.69, 9.17) is 5.73 Å². The largest absolute Gasteiger partial charge is 0.416 e. The number of benzene rings is 1. The van der Waals surface area contributed by atoms with Gasteiger partial charge < -0.3 is 10.6 Å². The van der Waals surface area contributed by atoms with E-state index in [2.05, 4.69) is 4.90 Å². The number of piperidine rings is 1. The molecule has 0 spiro atoms. The molecule has 110 valence electrons. The zero-order valence-corrected chi connectivity index (χ0v) is 11.3. The number of nitrogens with zero attached hydrogens (tertiary/aromatic N) is 1. The van der Waals surface area contributed by atoms with Crippen molar-refractivity contribution in [2.24, 2.45) is 5.92 Å². The Bertz CT molecular complexity index is 498. The Labute approximate surface area is 116 Å². The molecule has 2 N–H and O–H groups in total. The second-order valence-corrected chi connectivity index (χ2v) is 5.87. The number of hydrogen-bond acceptors (Lipinski definition) is 2.